The van der Waals surface area contributed by atoms with Gasteiger partial charge >= 0.3 is 5.97 Å². The van der Waals surface area contributed by atoms with Gasteiger partial charge in [-0.2, -0.15) is 0 Å². The maximum atomic E-state index is 12.1. The Morgan fingerprint density at radius 3 is 2.44 bits per heavy atom. The third-order valence-corrected chi connectivity index (χ3v) is 5.29. The molecule has 0 bridgehead atoms. The van der Waals surface area contributed by atoms with E-state index in [-0.39, 0.29) is 0 Å². The van der Waals surface area contributed by atoms with Crippen LogP contribution in [0.25, 0.3) is 22.0 Å². The summed E-state index contributed by atoms with van der Waals surface area (Å²) in [7, 11) is 0. The topological polar surface area (TPSA) is 50.2 Å². The summed E-state index contributed by atoms with van der Waals surface area (Å²) in [6, 6.07) is 13.9. The van der Waals surface area contributed by atoms with Crippen LogP contribution in [-0.2, 0) is 11.2 Å². The molecule has 0 spiro atoms. The van der Waals surface area contributed by atoms with Crippen molar-refractivity contribution in [2.75, 3.05) is 0 Å². The molecule has 3 aromatic rings. The van der Waals surface area contributed by atoms with Crippen molar-refractivity contribution in [2.45, 2.75) is 46.0 Å². The quantitative estimate of drug-likeness (QED) is 0.537. The highest BCUT2D eigenvalue weighted by Gasteiger charge is 2.27. The van der Waals surface area contributed by atoms with Gasteiger partial charge in [0.05, 0.1) is 11.4 Å². The number of nitrogens with zero attached hydrogens (tertiary/aromatic N) is 1. The first-order valence-corrected chi connectivity index (χ1v) is 9.75. The van der Waals surface area contributed by atoms with Gasteiger partial charge in [0.2, 0.25) is 0 Å². The molecule has 0 amide bonds. The van der Waals surface area contributed by atoms with Crippen molar-refractivity contribution in [3.63, 3.8) is 0 Å². The molecule has 27 heavy (non-hydrogen) atoms. The zero-order chi connectivity index (χ0) is 19.6. The van der Waals surface area contributed by atoms with E-state index in [0.29, 0.717) is 11.4 Å². The fourth-order valence-electron chi connectivity index (χ4n) is 3.70. The number of rotatable bonds is 6. The van der Waals surface area contributed by atoms with Gasteiger partial charge in [0.15, 0.2) is 0 Å². The maximum Gasteiger partial charge on any atom is 0.311 e. The summed E-state index contributed by atoms with van der Waals surface area (Å²) >= 11 is 6.28. The Labute approximate surface area is 165 Å². The Bertz CT molecular complexity index is 980. The SMILES string of the molecule is CCCC(C(=O)O)c1c(C)nc2ccc(Cl)cc2c1-c1ccc(CC)cc1. The zero-order valence-electron chi connectivity index (χ0n) is 15.9. The van der Waals surface area contributed by atoms with E-state index in [1.807, 2.05) is 32.0 Å². The number of hydrogen-bond acceptors (Lipinski definition) is 2. The Morgan fingerprint density at radius 2 is 1.85 bits per heavy atom. The van der Waals surface area contributed by atoms with Crippen molar-refractivity contribution in [2.24, 2.45) is 0 Å². The van der Waals surface area contributed by atoms with E-state index >= 15 is 0 Å². The number of pyridine rings is 1. The molecule has 140 valence electrons. The highest BCUT2D eigenvalue weighted by Crippen LogP contribution is 2.39. The van der Waals surface area contributed by atoms with E-state index < -0.39 is 11.9 Å². The number of fused-ring (bicyclic) bond motifs is 1. The number of benzene rings is 2. The molecule has 0 aliphatic heterocycles. The van der Waals surface area contributed by atoms with E-state index in [4.69, 9.17) is 16.6 Å². The molecule has 1 heterocycles. The molecule has 1 aromatic heterocycles. The molecule has 1 N–H and O–H groups in total. The van der Waals surface area contributed by atoms with Crippen LogP contribution in [0.1, 0.15) is 49.4 Å². The summed E-state index contributed by atoms with van der Waals surface area (Å²) in [5, 5.41) is 11.4. The average Bonchev–Trinajstić information content (AvgIpc) is 2.66. The highest BCUT2D eigenvalue weighted by atomic mass is 35.5. The summed E-state index contributed by atoms with van der Waals surface area (Å²) in [4.78, 5) is 16.8. The number of carboxylic acids is 1. The fraction of sp³-hybridized carbons (Fsp3) is 0.304. The minimum atomic E-state index is -0.811. The largest absolute Gasteiger partial charge is 0.481 e. The zero-order valence-corrected chi connectivity index (χ0v) is 16.7. The number of hydrogen-bond donors (Lipinski definition) is 1. The molecular formula is C23H24ClNO2. The van der Waals surface area contributed by atoms with Crippen molar-refractivity contribution < 1.29 is 9.90 Å². The second kappa shape index (κ2) is 8.10. The van der Waals surface area contributed by atoms with Crippen LogP contribution < -0.4 is 0 Å². The van der Waals surface area contributed by atoms with Gasteiger partial charge in [-0.3, -0.25) is 9.78 Å². The van der Waals surface area contributed by atoms with Crippen molar-refractivity contribution in [3.05, 3.63) is 64.3 Å². The van der Waals surface area contributed by atoms with E-state index in [1.54, 1.807) is 0 Å². The second-order valence-electron chi connectivity index (χ2n) is 6.88. The van der Waals surface area contributed by atoms with Crippen molar-refractivity contribution in [3.8, 4) is 11.1 Å². The number of aromatic nitrogens is 1. The van der Waals surface area contributed by atoms with Gasteiger partial charge in [-0.25, -0.2) is 0 Å². The smallest absolute Gasteiger partial charge is 0.311 e. The number of aryl methyl sites for hydroxylation is 2. The lowest BCUT2D eigenvalue weighted by atomic mass is 9.84. The third kappa shape index (κ3) is 3.84. The Balaban J connectivity index is 2.38. The molecule has 4 heteroatoms. The number of halogens is 1. The molecule has 3 nitrogen and oxygen atoms in total. The van der Waals surface area contributed by atoms with Gasteiger partial charge in [-0.05, 0) is 60.2 Å². The Kier molecular flexibility index (Phi) is 5.81. The number of aliphatic carboxylic acids is 1. The van der Waals surface area contributed by atoms with Gasteiger partial charge in [0.25, 0.3) is 0 Å². The lowest BCUT2D eigenvalue weighted by Crippen LogP contribution is -2.15. The van der Waals surface area contributed by atoms with Gasteiger partial charge < -0.3 is 5.11 Å². The molecule has 1 unspecified atom stereocenters. The Hall–Kier alpha value is -2.39. The van der Waals surface area contributed by atoms with E-state index in [2.05, 4.69) is 31.2 Å². The Morgan fingerprint density at radius 1 is 1.15 bits per heavy atom. The predicted octanol–water partition coefficient (Wildman–Crippen LogP) is 6.39. The highest BCUT2D eigenvalue weighted by molar-refractivity contribution is 6.31. The van der Waals surface area contributed by atoms with Crippen LogP contribution in [0.5, 0.6) is 0 Å². The third-order valence-electron chi connectivity index (χ3n) is 5.05. The number of carbonyl (C=O) groups is 1. The fourth-order valence-corrected chi connectivity index (χ4v) is 3.87. The summed E-state index contributed by atoms with van der Waals surface area (Å²) in [5.74, 6) is -1.40. The predicted molar refractivity (Wildman–Crippen MR) is 112 cm³/mol. The maximum absolute atomic E-state index is 12.1. The molecule has 0 radical (unpaired) electrons. The summed E-state index contributed by atoms with van der Waals surface area (Å²) in [6.07, 6.45) is 2.32. The van der Waals surface area contributed by atoms with E-state index in [1.165, 1.54) is 5.56 Å². The van der Waals surface area contributed by atoms with Gasteiger partial charge in [-0.15, -0.1) is 0 Å². The monoisotopic (exact) mass is 381 g/mol. The molecule has 0 aliphatic carbocycles. The molecular weight excluding hydrogens is 358 g/mol. The molecule has 0 saturated heterocycles. The van der Waals surface area contributed by atoms with Gasteiger partial charge in [0, 0.05) is 16.1 Å². The molecule has 0 saturated carbocycles. The molecule has 1 atom stereocenters. The second-order valence-corrected chi connectivity index (χ2v) is 7.31. The van der Waals surface area contributed by atoms with E-state index in [9.17, 15) is 9.90 Å². The lowest BCUT2D eigenvalue weighted by molar-refractivity contribution is -0.139. The molecule has 0 aliphatic rings. The van der Waals surface area contributed by atoms with Crippen LogP contribution >= 0.6 is 11.6 Å². The first-order chi connectivity index (χ1) is 13.0. The van der Waals surface area contributed by atoms with Crippen LogP contribution in [-0.4, -0.2) is 16.1 Å². The van der Waals surface area contributed by atoms with Crippen LogP contribution in [0.2, 0.25) is 5.02 Å². The van der Waals surface area contributed by atoms with Gasteiger partial charge in [-0.1, -0.05) is 56.1 Å². The minimum absolute atomic E-state index is 0.573. The molecule has 3 rings (SSSR count). The normalized spacial score (nSPS) is 12.3. The summed E-state index contributed by atoms with van der Waals surface area (Å²) < 4.78 is 0. The van der Waals surface area contributed by atoms with Crippen molar-refractivity contribution in [1.29, 1.82) is 0 Å². The van der Waals surface area contributed by atoms with Crippen LogP contribution in [0.3, 0.4) is 0 Å². The molecule has 0 fully saturated rings. The van der Waals surface area contributed by atoms with Gasteiger partial charge in [0.1, 0.15) is 0 Å². The summed E-state index contributed by atoms with van der Waals surface area (Å²) in [5.41, 5.74) is 5.57. The van der Waals surface area contributed by atoms with Crippen molar-refractivity contribution in [1.82, 2.24) is 4.98 Å². The van der Waals surface area contributed by atoms with Crippen LogP contribution in [0.4, 0.5) is 0 Å². The minimum Gasteiger partial charge on any atom is -0.481 e. The van der Waals surface area contributed by atoms with Crippen LogP contribution in [0, 0.1) is 6.92 Å². The average molecular weight is 382 g/mol. The lowest BCUT2D eigenvalue weighted by Gasteiger charge is -2.21. The standard InChI is InChI=1S/C23H24ClNO2/c1-4-6-18(23(26)27)21-14(3)25-20-12-11-17(24)13-19(20)22(21)16-9-7-15(5-2)8-10-16/h7-13,18H,4-6H2,1-3H3,(H,26,27). The first-order valence-electron chi connectivity index (χ1n) is 9.38. The number of carboxylic acid groups (broad SMARTS) is 1. The van der Waals surface area contributed by atoms with Crippen molar-refractivity contribution >= 4 is 28.5 Å². The first kappa shape index (κ1) is 19.4. The van der Waals surface area contributed by atoms with Crippen LogP contribution in [0.15, 0.2) is 42.5 Å². The molecule has 2 aromatic carbocycles. The summed E-state index contributed by atoms with van der Waals surface area (Å²) in [6.45, 7) is 6.03. The van der Waals surface area contributed by atoms with E-state index in [0.717, 1.165) is 46.1 Å².